The predicted octanol–water partition coefficient (Wildman–Crippen LogP) is 3.12. The predicted molar refractivity (Wildman–Crippen MR) is 83.8 cm³/mol. The largest absolute Gasteiger partial charge is 0.381 e. The molecule has 0 radical (unpaired) electrons. The molecule has 1 aromatic carbocycles. The minimum absolute atomic E-state index is 0.00888. The van der Waals surface area contributed by atoms with Crippen LogP contribution in [-0.2, 0) is 11.3 Å². The molecule has 0 spiro atoms. The normalized spacial score (nSPS) is 18.0. The third-order valence-corrected chi connectivity index (χ3v) is 4.22. The van der Waals surface area contributed by atoms with Crippen LogP contribution in [0.4, 0.5) is 0 Å². The Bertz CT molecular complexity index is 690. The summed E-state index contributed by atoms with van der Waals surface area (Å²) >= 11 is 6.25. The molecule has 4 nitrogen and oxygen atoms in total. The highest BCUT2D eigenvalue weighted by atomic mass is 35.5. The maximum atomic E-state index is 12.8. The van der Waals surface area contributed by atoms with Crippen LogP contribution in [0.3, 0.4) is 0 Å². The van der Waals surface area contributed by atoms with Crippen molar-refractivity contribution in [2.75, 3.05) is 13.2 Å². The quantitative estimate of drug-likeness (QED) is 0.818. The number of hydrogen-bond acceptors (Lipinski definition) is 3. The SMILES string of the molecule is CC(Cl)c1nc2ccccc2c(=O)n1CC1CCOCC1. The van der Waals surface area contributed by atoms with Gasteiger partial charge in [-0.1, -0.05) is 12.1 Å². The topological polar surface area (TPSA) is 44.1 Å². The van der Waals surface area contributed by atoms with E-state index in [4.69, 9.17) is 16.3 Å². The van der Waals surface area contributed by atoms with E-state index in [2.05, 4.69) is 4.98 Å². The number of hydrogen-bond donors (Lipinski definition) is 0. The fraction of sp³-hybridized carbons (Fsp3) is 0.500. The number of para-hydroxylation sites is 1. The number of ether oxygens (including phenoxy) is 1. The monoisotopic (exact) mass is 306 g/mol. The summed E-state index contributed by atoms with van der Waals surface area (Å²) in [5.41, 5.74) is 0.725. The maximum Gasteiger partial charge on any atom is 0.261 e. The van der Waals surface area contributed by atoms with Crippen molar-refractivity contribution in [2.45, 2.75) is 31.7 Å². The van der Waals surface area contributed by atoms with Gasteiger partial charge in [0.1, 0.15) is 5.82 Å². The number of benzene rings is 1. The Morgan fingerprint density at radius 2 is 2.10 bits per heavy atom. The van der Waals surface area contributed by atoms with Crippen molar-refractivity contribution in [3.05, 3.63) is 40.4 Å². The van der Waals surface area contributed by atoms with E-state index < -0.39 is 0 Å². The molecule has 3 rings (SSSR count). The van der Waals surface area contributed by atoms with Crippen molar-refractivity contribution in [2.24, 2.45) is 5.92 Å². The van der Waals surface area contributed by atoms with Crippen LogP contribution in [0.1, 0.15) is 31.0 Å². The van der Waals surface area contributed by atoms with Crippen LogP contribution in [0, 0.1) is 5.92 Å². The van der Waals surface area contributed by atoms with E-state index in [-0.39, 0.29) is 10.9 Å². The smallest absolute Gasteiger partial charge is 0.261 e. The van der Waals surface area contributed by atoms with E-state index >= 15 is 0 Å². The van der Waals surface area contributed by atoms with Crippen LogP contribution in [0.5, 0.6) is 0 Å². The molecule has 5 heteroatoms. The van der Waals surface area contributed by atoms with Crippen molar-refractivity contribution in [3.63, 3.8) is 0 Å². The lowest BCUT2D eigenvalue weighted by Gasteiger charge is -2.24. The van der Waals surface area contributed by atoms with Gasteiger partial charge in [0.05, 0.1) is 16.3 Å². The summed E-state index contributed by atoms with van der Waals surface area (Å²) < 4.78 is 7.15. The molecule has 0 N–H and O–H groups in total. The summed E-state index contributed by atoms with van der Waals surface area (Å²) in [5, 5.41) is 0.368. The summed E-state index contributed by atoms with van der Waals surface area (Å²) in [6.45, 7) is 4.07. The van der Waals surface area contributed by atoms with Gasteiger partial charge in [-0.2, -0.15) is 0 Å². The number of fused-ring (bicyclic) bond motifs is 1. The Hall–Kier alpha value is -1.39. The van der Waals surface area contributed by atoms with Crippen LogP contribution < -0.4 is 5.56 Å². The van der Waals surface area contributed by atoms with Crippen molar-refractivity contribution in [3.8, 4) is 0 Å². The van der Waals surface area contributed by atoms with Crippen LogP contribution >= 0.6 is 11.6 Å². The van der Waals surface area contributed by atoms with Crippen molar-refractivity contribution < 1.29 is 4.74 Å². The van der Waals surface area contributed by atoms with Crippen LogP contribution in [0.15, 0.2) is 29.1 Å². The van der Waals surface area contributed by atoms with Gasteiger partial charge in [-0.3, -0.25) is 9.36 Å². The fourth-order valence-electron chi connectivity index (χ4n) is 2.85. The Kier molecular flexibility index (Phi) is 4.27. The highest BCUT2D eigenvalue weighted by Crippen LogP contribution is 2.22. The zero-order chi connectivity index (χ0) is 14.8. The first-order valence-electron chi connectivity index (χ1n) is 7.38. The molecule has 2 heterocycles. The van der Waals surface area contributed by atoms with Crippen LogP contribution in [-0.4, -0.2) is 22.8 Å². The van der Waals surface area contributed by atoms with E-state index in [0.29, 0.717) is 29.2 Å². The van der Waals surface area contributed by atoms with Crippen LogP contribution in [0.2, 0.25) is 0 Å². The zero-order valence-electron chi connectivity index (χ0n) is 12.1. The lowest BCUT2D eigenvalue weighted by molar-refractivity contribution is 0.0606. The van der Waals surface area contributed by atoms with E-state index in [1.807, 2.05) is 31.2 Å². The zero-order valence-corrected chi connectivity index (χ0v) is 12.8. The van der Waals surface area contributed by atoms with Gasteiger partial charge in [0, 0.05) is 19.8 Å². The Balaban J connectivity index is 2.07. The second-order valence-corrected chi connectivity index (χ2v) is 6.23. The van der Waals surface area contributed by atoms with E-state index in [1.54, 1.807) is 4.57 Å². The van der Waals surface area contributed by atoms with Crippen molar-refractivity contribution >= 4 is 22.5 Å². The minimum Gasteiger partial charge on any atom is -0.381 e. The molecule has 1 unspecified atom stereocenters. The van der Waals surface area contributed by atoms with Gasteiger partial charge < -0.3 is 4.74 Å². The number of alkyl halides is 1. The number of nitrogens with zero attached hydrogens (tertiary/aromatic N) is 2. The molecule has 0 aliphatic carbocycles. The standard InChI is InChI=1S/C16H19ClN2O2/c1-11(17)15-18-14-5-3-2-4-13(14)16(20)19(15)10-12-6-8-21-9-7-12/h2-5,11-12H,6-10H2,1H3. The lowest BCUT2D eigenvalue weighted by Crippen LogP contribution is -2.31. The van der Waals surface area contributed by atoms with Crippen molar-refractivity contribution in [1.29, 1.82) is 0 Å². The molecule has 1 aliphatic rings. The van der Waals surface area contributed by atoms with Gasteiger partial charge in [-0.15, -0.1) is 11.6 Å². The van der Waals surface area contributed by atoms with E-state index in [0.717, 1.165) is 26.1 Å². The third kappa shape index (κ3) is 2.97. The molecule has 1 atom stereocenters. The molecule has 112 valence electrons. The average Bonchev–Trinajstić information content (AvgIpc) is 2.51. The summed E-state index contributed by atoms with van der Waals surface area (Å²) in [6.07, 6.45) is 1.96. The summed E-state index contributed by atoms with van der Waals surface area (Å²) in [5.74, 6) is 1.11. The second-order valence-electron chi connectivity index (χ2n) is 5.57. The first-order valence-corrected chi connectivity index (χ1v) is 7.81. The van der Waals surface area contributed by atoms with Gasteiger partial charge in [-0.05, 0) is 37.8 Å². The number of aromatic nitrogens is 2. The molecule has 2 aromatic rings. The fourth-order valence-corrected chi connectivity index (χ4v) is 3.02. The molecule has 1 aliphatic heterocycles. The van der Waals surface area contributed by atoms with Gasteiger partial charge >= 0.3 is 0 Å². The molecular formula is C16H19ClN2O2. The third-order valence-electron chi connectivity index (χ3n) is 4.03. The Labute approximate surface area is 128 Å². The summed E-state index contributed by atoms with van der Waals surface area (Å²) in [7, 11) is 0. The maximum absolute atomic E-state index is 12.8. The van der Waals surface area contributed by atoms with Crippen LogP contribution in [0.25, 0.3) is 10.9 Å². The average molecular weight is 307 g/mol. The first kappa shape index (κ1) is 14.5. The highest BCUT2D eigenvalue weighted by molar-refractivity contribution is 6.20. The van der Waals surface area contributed by atoms with Gasteiger partial charge in [0.25, 0.3) is 5.56 Å². The molecule has 1 fully saturated rings. The molecular weight excluding hydrogens is 288 g/mol. The molecule has 1 saturated heterocycles. The minimum atomic E-state index is -0.290. The molecule has 0 amide bonds. The highest BCUT2D eigenvalue weighted by Gasteiger charge is 2.20. The lowest BCUT2D eigenvalue weighted by atomic mass is 10.00. The molecule has 0 saturated carbocycles. The van der Waals surface area contributed by atoms with Gasteiger partial charge in [-0.25, -0.2) is 4.98 Å². The van der Waals surface area contributed by atoms with E-state index in [1.165, 1.54) is 0 Å². The van der Waals surface area contributed by atoms with Gasteiger partial charge in [0.2, 0.25) is 0 Å². The first-order chi connectivity index (χ1) is 10.2. The summed E-state index contributed by atoms with van der Waals surface area (Å²) in [6, 6.07) is 7.44. The molecule has 21 heavy (non-hydrogen) atoms. The van der Waals surface area contributed by atoms with Gasteiger partial charge in [0.15, 0.2) is 0 Å². The number of rotatable bonds is 3. The Morgan fingerprint density at radius 3 is 2.81 bits per heavy atom. The Morgan fingerprint density at radius 1 is 1.38 bits per heavy atom. The molecule has 0 bridgehead atoms. The summed E-state index contributed by atoms with van der Waals surface area (Å²) in [4.78, 5) is 17.4. The number of halogens is 1. The van der Waals surface area contributed by atoms with E-state index in [9.17, 15) is 4.79 Å². The molecule has 1 aromatic heterocycles. The second kappa shape index (κ2) is 6.16. The van der Waals surface area contributed by atoms with Crippen molar-refractivity contribution in [1.82, 2.24) is 9.55 Å².